The van der Waals surface area contributed by atoms with E-state index in [9.17, 15) is 14.4 Å². The van der Waals surface area contributed by atoms with Crippen molar-refractivity contribution in [3.63, 3.8) is 0 Å². The van der Waals surface area contributed by atoms with Crippen LogP contribution in [0.15, 0.2) is 42.5 Å². The molecule has 0 aromatic heterocycles. The molecule has 7 heteroatoms. The summed E-state index contributed by atoms with van der Waals surface area (Å²) >= 11 is 11.7. The molecule has 158 valence electrons. The maximum atomic E-state index is 12.8. The second-order valence-corrected chi connectivity index (χ2v) is 8.28. The standard InChI is InChI=1S/C23H23Cl2NO4/c1-14-3-8-19(15(2)11-14)26-13-17(12-21(26)27)23(29)30-20(9-10-24)22(28)16-4-6-18(25)7-5-16/h3-8,11,17,20H,9-10,12-13H2,1-2H3/t17-,20-/m0/s1. The summed E-state index contributed by atoms with van der Waals surface area (Å²) < 4.78 is 5.52. The molecule has 2 atom stereocenters. The van der Waals surface area contributed by atoms with Crippen LogP contribution in [-0.4, -0.2) is 36.2 Å². The highest BCUT2D eigenvalue weighted by Crippen LogP contribution is 2.29. The van der Waals surface area contributed by atoms with Crippen LogP contribution in [0.4, 0.5) is 5.69 Å². The third-order valence-electron chi connectivity index (χ3n) is 5.15. The van der Waals surface area contributed by atoms with E-state index in [2.05, 4.69) is 0 Å². The van der Waals surface area contributed by atoms with Crippen LogP contribution in [0.5, 0.6) is 0 Å². The molecule has 0 saturated carbocycles. The third kappa shape index (κ3) is 5.02. The Labute approximate surface area is 185 Å². The Morgan fingerprint density at radius 3 is 2.50 bits per heavy atom. The minimum absolute atomic E-state index is 0.0505. The fraction of sp³-hybridized carbons (Fsp3) is 0.348. The lowest BCUT2D eigenvalue weighted by atomic mass is 10.0. The smallest absolute Gasteiger partial charge is 0.312 e. The van der Waals surface area contributed by atoms with Crippen molar-refractivity contribution in [3.8, 4) is 0 Å². The van der Waals surface area contributed by atoms with Crippen LogP contribution in [0.25, 0.3) is 0 Å². The van der Waals surface area contributed by atoms with Gasteiger partial charge in [-0.05, 0) is 49.7 Å². The predicted octanol–water partition coefficient (Wildman–Crippen LogP) is 4.73. The molecule has 1 heterocycles. The van der Waals surface area contributed by atoms with E-state index in [-0.39, 0.29) is 37.0 Å². The second kappa shape index (κ2) is 9.63. The van der Waals surface area contributed by atoms with Crippen LogP contribution >= 0.6 is 23.2 Å². The van der Waals surface area contributed by atoms with Crippen molar-refractivity contribution in [1.29, 1.82) is 0 Å². The summed E-state index contributed by atoms with van der Waals surface area (Å²) in [5.74, 6) is -1.50. The summed E-state index contributed by atoms with van der Waals surface area (Å²) in [6.07, 6.45) is -0.758. The molecule has 0 aliphatic carbocycles. The number of hydrogen-bond donors (Lipinski definition) is 0. The monoisotopic (exact) mass is 447 g/mol. The van der Waals surface area contributed by atoms with Crippen molar-refractivity contribution in [2.24, 2.45) is 5.92 Å². The van der Waals surface area contributed by atoms with Crippen molar-refractivity contribution in [3.05, 3.63) is 64.2 Å². The number of nitrogens with zero attached hydrogens (tertiary/aromatic N) is 1. The molecule has 1 amide bonds. The number of rotatable bonds is 7. The fourth-order valence-electron chi connectivity index (χ4n) is 3.59. The number of esters is 1. The summed E-state index contributed by atoms with van der Waals surface area (Å²) in [6, 6.07) is 12.2. The lowest BCUT2D eigenvalue weighted by Gasteiger charge is -2.20. The van der Waals surface area contributed by atoms with Crippen LogP contribution in [-0.2, 0) is 14.3 Å². The number of benzene rings is 2. The van der Waals surface area contributed by atoms with E-state index in [4.69, 9.17) is 27.9 Å². The lowest BCUT2D eigenvalue weighted by molar-refractivity contribution is -0.151. The summed E-state index contributed by atoms with van der Waals surface area (Å²) in [5, 5.41) is 0.508. The molecule has 0 spiro atoms. The lowest BCUT2D eigenvalue weighted by Crippen LogP contribution is -2.32. The Morgan fingerprint density at radius 2 is 1.87 bits per heavy atom. The fourth-order valence-corrected chi connectivity index (χ4v) is 3.91. The second-order valence-electron chi connectivity index (χ2n) is 7.47. The summed E-state index contributed by atoms with van der Waals surface area (Å²) in [4.78, 5) is 39.7. The minimum atomic E-state index is -0.999. The number of alkyl halides is 1. The molecule has 1 aliphatic rings. The Kier molecular flexibility index (Phi) is 7.16. The Bertz CT molecular complexity index is 958. The number of amides is 1. The topological polar surface area (TPSA) is 63.7 Å². The van der Waals surface area contributed by atoms with E-state index < -0.39 is 18.0 Å². The molecule has 30 heavy (non-hydrogen) atoms. The van der Waals surface area contributed by atoms with Gasteiger partial charge in [-0.3, -0.25) is 14.4 Å². The first-order valence-electron chi connectivity index (χ1n) is 9.74. The van der Waals surface area contributed by atoms with E-state index in [1.165, 1.54) is 0 Å². The Hall–Kier alpha value is -2.37. The van der Waals surface area contributed by atoms with Crippen LogP contribution in [0.1, 0.15) is 34.3 Å². The minimum Gasteiger partial charge on any atom is -0.454 e. The number of carbonyl (C=O) groups excluding carboxylic acids is 3. The first-order chi connectivity index (χ1) is 14.3. The van der Waals surface area contributed by atoms with Crippen molar-refractivity contribution in [1.82, 2.24) is 0 Å². The maximum absolute atomic E-state index is 12.8. The van der Waals surface area contributed by atoms with Gasteiger partial charge >= 0.3 is 5.97 Å². The molecule has 0 unspecified atom stereocenters. The van der Waals surface area contributed by atoms with Gasteiger partial charge in [0.1, 0.15) is 0 Å². The summed E-state index contributed by atoms with van der Waals surface area (Å²) in [5.41, 5.74) is 3.25. The molecule has 0 bridgehead atoms. The van der Waals surface area contributed by atoms with Gasteiger partial charge in [0, 0.05) is 41.5 Å². The van der Waals surface area contributed by atoms with Gasteiger partial charge in [-0.1, -0.05) is 29.3 Å². The van der Waals surface area contributed by atoms with E-state index in [0.717, 1.165) is 16.8 Å². The Morgan fingerprint density at radius 1 is 1.17 bits per heavy atom. The largest absolute Gasteiger partial charge is 0.454 e. The summed E-state index contributed by atoms with van der Waals surface area (Å²) in [6.45, 7) is 4.14. The van der Waals surface area contributed by atoms with Crippen molar-refractivity contribution >= 4 is 46.5 Å². The highest BCUT2D eigenvalue weighted by molar-refractivity contribution is 6.30. The van der Waals surface area contributed by atoms with Crippen LogP contribution in [0.3, 0.4) is 0 Å². The molecule has 2 aromatic carbocycles. The molecule has 0 radical (unpaired) electrons. The first kappa shape index (κ1) is 22.3. The van der Waals surface area contributed by atoms with Gasteiger partial charge in [0.15, 0.2) is 6.10 Å². The molecule has 1 fully saturated rings. The molecule has 5 nitrogen and oxygen atoms in total. The molecular formula is C23H23Cl2NO4. The third-order valence-corrected chi connectivity index (χ3v) is 5.62. The molecule has 3 rings (SSSR count). The zero-order valence-electron chi connectivity index (χ0n) is 16.9. The molecule has 2 aromatic rings. The zero-order valence-corrected chi connectivity index (χ0v) is 18.4. The molecule has 0 N–H and O–H groups in total. The predicted molar refractivity (Wildman–Crippen MR) is 117 cm³/mol. The average Bonchev–Trinajstić information content (AvgIpc) is 3.09. The Balaban J connectivity index is 1.71. The highest BCUT2D eigenvalue weighted by Gasteiger charge is 2.38. The SMILES string of the molecule is Cc1ccc(N2C[C@@H](C(=O)O[C@@H](CCCl)C(=O)c3ccc(Cl)cc3)CC2=O)c(C)c1. The summed E-state index contributed by atoms with van der Waals surface area (Å²) in [7, 11) is 0. The van der Waals surface area contributed by atoms with Crippen molar-refractivity contribution < 1.29 is 19.1 Å². The van der Waals surface area contributed by atoms with Gasteiger partial charge < -0.3 is 9.64 Å². The number of ether oxygens (including phenoxy) is 1. The van der Waals surface area contributed by atoms with E-state index in [1.54, 1.807) is 29.2 Å². The maximum Gasteiger partial charge on any atom is 0.312 e. The highest BCUT2D eigenvalue weighted by atomic mass is 35.5. The van der Waals surface area contributed by atoms with Crippen LogP contribution in [0.2, 0.25) is 5.02 Å². The molecule has 1 aliphatic heterocycles. The number of halogens is 2. The quantitative estimate of drug-likeness (QED) is 0.349. The number of anilines is 1. The van der Waals surface area contributed by atoms with Gasteiger partial charge in [0.25, 0.3) is 0 Å². The van der Waals surface area contributed by atoms with Crippen LogP contribution in [0, 0.1) is 19.8 Å². The van der Waals surface area contributed by atoms with E-state index >= 15 is 0 Å². The van der Waals surface area contributed by atoms with E-state index in [0.29, 0.717) is 10.6 Å². The number of ketones is 1. The van der Waals surface area contributed by atoms with Gasteiger partial charge in [0.05, 0.1) is 5.92 Å². The first-order valence-corrected chi connectivity index (χ1v) is 10.6. The molecular weight excluding hydrogens is 425 g/mol. The average molecular weight is 448 g/mol. The van der Waals surface area contributed by atoms with Crippen molar-refractivity contribution in [2.45, 2.75) is 32.8 Å². The van der Waals surface area contributed by atoms with Gasteiger partial charge in [-0.2, -0.15) is 0 Å². The molecule has 1 saturated heterocycles. The van der Waals surface area contributed by atoms with Crippen molar-refractivity contribution in [2.75, 3.05) is 17.3 Å². The van der Waals surface area contributed by atoms with E-state index in [1.807, 2.05) is 32.0 Å². The number of Topliss-reactive ketones (excluding diaryl/α,β-unsaturated/α-hetero) is 1. The van der Waals surface area contributed by atoms with Gasteiger partial charge in [-0.25, -0.2) is 0 Å². The number of hydrogen-bond acceptors (Lipinski definition) is 4. The zero-order chi connectivity index (χ0) is 21.8. The number of carbonyl (C=O) groups is 3. The number of aryl methyl sites for hydroxylation is 2. The van der Waals surface area contributed by atoms with Gasteiger partial charge in [-0.15, -0.1) is 11.6 Å². The van der Waals surface area contributed by atoms with Gasteiger partial charge in [0.2, 0.25) is 11.7 Å². The van der Waals surface area contributed by atoms with Crippen LogP contribution < -0.4 is 4.90 Å². The normalized spacial score (nSPS) is 17.1.